The fraction of sp³-hybridized carbons (Fsp3) is 0.261. The highest BCUT2D eigenvalue weighted by atomic mass is 127. The summed E-state index contributed by atoms with van der Waals surface area (Å²) in [5.41, 5.74) is 6.92. The largest absolute Gasteiger partial charge is 0.455 e. The van der Waals surface area contributed by atoms with Crippen LogP contribution in [0, 0.1) is 0 Å². The van der Waals surface area contributed by atoms with Crippen molar-refractivity contribution in [1.29, 1.82) is 0 Å². The highest BCUT2D eigenvalue weighted by molar-refractivity contribution is 14.1. The number of alkyl halides is 1. The first kappa shape index (κ1) is 18.3. The molecule has 0 bridgehead atoms. The first-order chi connectivity index (χ1) is 13.2. The van der Waals surface area contributed by atoms with E-state index in [4.69, 9.17) is 4.74 Å². The number of carbonyl (C=O) groups is 1. The summed E-state index contributed by atoms with van der Waals surface area (Å²) < 4.78 is 8.55. The molecule has 138 valence electrons. The van der Waals surface area contributed by atoms with Gasteiger partial charge in [0.25, 0.3) is 0 Å². The maximum absolute atomic E-state index is 12.4. The molecule has 2 heterocycles. The highest BCUT2D eigenvalue weighted by Gasteiger charge is 2.29. The van der Waals surface area contributed by atoms with E-state index in [1.54, 1.807) is 0 Å². The lowest BCUT2D eigenvalue weighted by Crippen LogP contribution is -2.33. The topological polar surface area (TPSA) is 31.2 Å². The Balaban J connectivity index is 1.78. The minimum absolute atomic E-state index is 0.0502. The van der Waals surface area contributed by atoms with Crippen molar-refractivity contribution in [3.8, 4) is 11.1 Å². The number of benzene rings is 2. The molecule has 0 fully saturated rings. The fourth-order valence-corrected chi connectivity index (χ4v) is 4.28. The number of esters is 1. The van der Waals surface area contributed by atoms with Gasteiger partial charge in [-0.25, -0.2) is 4.79 Å². The molecule has 1 aliphatic rings. The average Bonchev–Trinajstić information content (AvgIpc) is 3.07. The normalized spacial score (nSPS) is 16.1. The molecule has 0 amide bonds. The van der Waals surface area contributed by atoms with E-state index >= 15 is 0 Å². The summed E-state index contributed by atoms with van der Waals surface area (Å²) in [4.78, 5) is 12.4. The number of rotatable bonds is 5. The number of halogens is 1. The van der Waals surface area contributed by atoms with Gasteiger partial charge in [0, 0.05) is 16.5 Å². The molecule has 1 atom stereocenters. The molecule has 1 aromatic heterocycles. The molecular formula is C23H22INO2. The van der Waals surface area contributed by atoms with Crippen LogP contribution in [-0.2, 0) is 24.1 Å². The standard InChI is InChI=1S/C23H22INO2/c1-2-16-12-22-23(26)27-19(14-24)15-25(22)21(16)13-18-10-6-7-11-20(18)17-8-4-3-5-9-17/h3-12,19H,2,13-15H2,1H3. The molecule has 0 saturated carbocycles. The van der Waals surface area contributed by atoms with Crippen molar-refractivity contribution in [3.63, 3.8) is 0 Å². The van der Waals surface area contributed by atoms with Crippen LogP contribution in [0.1, 0.15) is 34.2 Å². The van der Waals surface area contributed by atoms with Crippen LogP contribution in [0.25, 0.3) is 11.1 Å². The molecule has 4 rings (SSSR count). The second kappa shape index (κ2) is 7.89. The molecule has 0 spiro atoms. The van der Waals surface area contributed by atoms with Crippen molar-refractivity contribution < 1.29 is 9.53 Å². The third-order valence-corrected chi connectivity index (χ3v) is 6.16. The van der Waals surface area contributed by atoms with Crippen molar-refractivity contribution in [2.45, 2.75) is 32.4 Å². The number of aryl methyl sites for hydroxylation is 1. The van der Waals surface area contributed by atoms with Crippen molar-refractivity contribution >= 4 is 28.6 Å². The summed E-state index contributed by atoms with van der Waals surface area (Å²) in [6.07, 6.45) is 1.67. The molecule has 0 N–H and O–H groups in total. The van der Waals surface area contributed by atoms with E-state index in [9.17, 15) is 4.79 Å². The van der Waals surface area contributed by atoms with Gasteiger partial charge in [0.05, 0.1) is 6.54 Å². The van der Waals surface area contributed by atoms with Crippen molar-refractivity contribution in [1.82, 2.24) is 4.57 Å². The summed E-state index contributed by atoms with van der Waals surface area (Å²) in [5.74, 6) is -0.194. The number of cyclic esters (lactones) is 1. The Kier molecular flexibility index (Phi) is 5.34. The lowest BCUT2D eigenvalue weighted by Gasteiger charge is -2.25. The van der Waals surface area contributed by atoms with Crippen LogP contribution in [0.5, 0.6) is 0 Å². The number of fused-ring (bicyclic) bond motifs is 1. The quantitative estimate of drug-likeness (QED) is 0.288. The zero-order chi connectivity index (χ0) is 18.8. The first-order valence-electron chi connectivity index (χ1n) is 9.32. The molecule has 3 nitrogen and oxygen atoms in total. The monoisotopic (exact) mass is 471 g/mol. The molecule has 3 aromatic rings. The average molecular weight is 471 g/mol. The van der Waals surface area contributed by atoms with Crippen molar-refractivity contribution in [2.75, 3.05) is 4.43 Å². The Morgan fingerprint density at radius 1 is 1.07 bits per heavy atom. The summed E-state index contributed by atoms with van der Waals surface area (Å²) in [6.45, 7) is 2.89. The first-order valence-corrected chi connectivity index (χ1v) is 10.8. The van der Waals surface area contributed by atoms with Gasteiger partial charge in [-0.05, 0) is 34.7 Å². The van der Waals surface area contributed by atoms with Gasteiger partial charge >= 0.3 is 5.97 Å². The van der Waals surface area contributed by atoms with Gasteiger partial charge in [0.2, 0.25) is 0 Å². The van der Waals surface area contributed by atoms with Crippen LogP contribution in [0.2, 0.25) is 0 Å². The molecule has 4 heteroatoms. The maximum atomic E-state index is 12.4. The molecule has 1 unspecified atom stereocenters. The summed E-state index contributed by atoms with van der Waals surface area (Å²) in [7, 11) is 0. The van der Waals surface area contributed by atoms with E-state index < -0.39 is 0 Å². The molecule has 1 aliphatic heterocycles. The van der Waals surface area contributed by atoms with Crippen LogP contribution in [0.15, 0.2) is 60.7 Å². The fourth-order valence-electron chi connectivity index (χ4n) is 3.82. The lowest BCUT2D eigenvalue weighted by atomic mass is 9.95. The molecule has 27 heavy (non-hydrogen) atoms. The van der Waals surface area contributed by atoms with E-state index in [-0.39, 0.29) is 12.1 Å². The van der Waals surface area contributed by atoms with E-state index in [0.29, 0.717) is 5.69 Å². The second-order valence-electron chi connectivity index (χ2n) is 6.85. The maximum Gasteiger partial charge on any atom is 0.355 e. The van der Waals surface area contributed by atoms with Crippen LogP contribution < -0.4 is 0 Å². The van der Waals surface area contributed by atoms with E-state index in [1.807, 2.05) is 12.1 Å². The van der Waals surface area contributed by atoms with Gasteiger partial charge < -0.3 is 9.30 Å². The van der Waals surface area contributed by atoms with Crippen LogP contribution in [-0.4, -0.2) is 21.1 Å². The number of hydrogen-bond donors (Lipinski definition) is 0. The highest BCUT2D eigenvalue weighted by Crippen LogP contribution is 2.30. The zero-order valence-corrected chi connectivity index (χ0v) is 17.5. The van der Waals surface area contributed by atoms with Gasteiger partial charge in [0.15, 0.2) is 0 Å². The Labute approximate surface area is 173 Å². The van der Waals surface area contributed by atoms with E-state index in [2.05, 4.69) is 82.6 Å². The number of nitrogens with zero attached hydrogens (tertiary/aromatic N) is 1. The predicted molar refractivity (Wildman–Crippen MR) is 117 cm³/mol. The van der Waals surface area contributed by atoms with Crippen molar-refractivity contribution in [3.05, 3.63) is 83.2 Å². The Morgan fingerprint density at radius 3 is 2.56 bits per heavy atom. The zero-order valence-electron chi connectivity index (χ0n) is 15.3. The predicted octanol–water partition coefficient (Wildman–Crippen LogP) is 5.28. The van der Waals surface area contributed by atoms with Crippen molar-refractivity contribution in [2.24, 2.45) is 0 Å². The summed E-state index contributed by atoms with van der Waals surface area (Å²) in [6, 6.07) is 21.1. The van der Waals surface area contributed by atoms with E-state index in [0.717, 1.165) is 23.8 Å². The third-order valence-electron chi connectivity index (χ3n) is 5.18. The molecule has 0 radical (unpaired) electrons. The summed E-state index contributed by atoms with van der Waals surface area (Å²) in [5, 5.41) is 0. The molecule has 0 aliphatic carbocycles. The number of ether oxygens (including phenoxy) is 1. The lowest BCUT2D eigenvalue weighted by molar-refractivity contribution is 0.0228. The Morgan fingerprint density at radius 2 is 1.81 bits per heavy atom. The second-order valence-corrected chi connectivity index (χ2v) is 7.73. The van der Waals surface area contributed by atoms with Gasteiger partial charge in [-0.2, -0.15) is 0 Å². The Bertz CT molecular complexity index is 962. The van der Waals surface area contributed by atoms with Crippen LogP contribution in [0.3, 0.4) is 0 Å². The molecular weight excluding hydrogens is 449 g/mol. The number of carbonyl (C=O) groups excluding carboxylic acids is 1. The number of aromatic nitrogens is 1. The van der Waals surface area contributed by atoms with Gasteiger partial charge in [0.1, 0.15) is 11.8 Å². The SMILES string of the molecule is CCc1cc2n(c1Cc1ccccc1-c1ccccc1)CC(CI)OC2=O. The smallest absolute Gasteiger partial charge is 0.355 e. The molecule has 2 aromatic carbocycles. The molecule has 0 saturated heterocycles. The van der Waals surface area contributed by atoms with Gasteiger partial charge in [-0.3, -0.25) is 0 Å². The summed E-state index contributed by atoms with van der Waals surface area (Å²) >= 11 is 2.29. The van der Waals surface area contributed by atoms with Crippen LogP contribution in [0.4, 0.5) is 0 Å². The number of hydrogen-bond acceptors (Lipinski definition) is 2. The minimum atomic E-state index is -0.194. The van der Waals surface area contributed by atoms with Crippen LogP contribution >= 0.6 is 22.6 Å². The third kappa shape index (κ3) is 3.55. The Hall–Kier alpha value is -2.08. The van der Waals surface area contributed by atoms with E-state index in [1.165, 1.54) is 27.9 Å². The minimum Gasteiger partial charge on any atom is -0.455 e. The van der Waals surface area contributed by atoms with Gasteiger partial charge in [-0.15, -0.1) is 0 Å². The van der Waals surface area contributed by atoms with Gasteiger partial charge in [-0.1, -0.05) is 84.1 Å².